The van der Waals surface area contributed by atoms with E-state index >= 15 is 0 Å². The molecule has 0 N–H and O–H groups in total. The van der Waals surface area contributed by atoms with E-state index in [2.05, 4.69) is 63.4 Å². The third-order valence-electron chi connectivity index (χ3n) is 6.72. The first kappa shape index (κ1) is 21.1. The van der Waals surface area contributed by atoms with E-state index in [4.69, 9.17) is 0 Å². The SMILES string of the molecule is CN1CCN(c2ccc(-c3cc(-c4cnn(-c5ccccc5)c4)c4c(C#N)cnn4c3)cc2)CC1. The minimum absolute atomic E-state index is 0.546. The average Bonchev–Trinajstić information content (AvgIpc) is 3.57. The number of hydrogen-bond acceptors (Lipinski definition) is 5. The molecular weight excluding hydrogens is 434 g/mol. The van der Waals surface area contributed by atoms with Gasteiger partial charge >= 0.3 is 0 Å². The average molecular weight is 460 g/mol. The molecule has 0 saturated carbocycles. The number of rotatable bonds is 4. The van der Waals surface area contributed by atoms with Gasteiger partial charge in [0.2, 0.25) is 0 Å². The van der Waals surface area contributed by atoms with Crippen molar-refractivity contribution in [1.29, 1.82) is 5.26 Å². The van der Waals surface area contributed by atoms with Crippen LogP contribution in [0.25, 0.3) is 33.5 Å². The smallest absolute Gasteiger partial charge is 0.103 e. The Morgan fingerprint density at radius 2 is 1.54 bits per heavy atom. The predicted octanol–water partition coefficient (Wildman–Crippen LogP) is 4.48. The minimum Gasteiger partial charge on any atom is -0.369 e. The van der Waals surface area contributed by atoms with E-state index in [1.807, 2.05) is 53.6 Å². The summed E-state index contributed by atoms with van der Waals surface area (Å²) in [4.78, 5) is 4.80. The summed E-state index contributed by atoms with van der Waals surface area (Å²) >= 11 is 0. The van der Waals surface area contributed by atoms with E-state index < -0.39 is 0 Å². The molecule has 172 valence electrons. The molecule has 7 heteroatoms. The summed E-state index contributed by atoms with van der Waals surface area (Å²) < 4.78 is 3.66. The number of piperazine rings is 1. The van der Waals surface area contributed by atoms with E-state index in [-0.39, 0.29) is 0 Å². The van der Waals surface area contributed by atoms with Gasteiger partial charge in [-0.2, -0.15) is 15.5 Å². The fourth-order valence-electron chi connectivity index (χ4n) is 4.69. The molecule has 6 rings (SSSR count). The van der Waals surface area contributed by atoms with Gasteiger partial charge in [-0.3, -0.25) is 0 Å². The van der Waals surface area contributed by atoms with Crippen LogP contribution < -0.4 is 4.90 Å². The van der Waals surface area contributed by atoms with Gasteiger partial charge in [0, 0.05) is 61.0 Å². The lowest BCUT2D eigenvalue weighted by atomic mass is 10.0. The summed E-state index contributed by atoms with van der Waals surface area (Å²) in [6, 6.07) is 23.2. The number of benzene rings is 2. The lowest BCUT2D eigenvalue weighted by Gasteiger charge is -2.34. The molecule has 0 bridgehead atoms. The van der Waals surface area contributed by atoms with Gasteiger partial charge in [0.25, 0.3) is 0 Å². The number of para-hydroxylation sites is 1. The molecule has 1 aliphatic heterocycles. The molecule has 1 saturated heterocycles. The topological polar surface area (TPSA) is 65.4 Å². The summed E-state index contributed by atoms with van der Waals surface area (Å²) in [6.07, 6.45) is 7.46. The highest BCUT2D eigenvalue weighted by Gasteiger charge is 2.17. The fourth-order valence-corrected chi connectivity index (χ4v) is 4.69. The van der Waals surface area contributed by atoms with Crippen molar-refractivity contribution >= 4 is 11.2 Å². The lowest BCUT2D eigenvalue weighted by molar-refractivity contribution is 0.313. The van der Waals surface area contributed by atoms with Crippen molar-refractivity contribution in [1.82, 2.24) is 24.3 Å². The third kappa shape index (κ3) is 3.94. The molecule has 2 aromatic carbocycles. The number of pyridine rings is 1. The fraction of sp³-hybridized carbons (Fsp3) is 0.179. The Morgan fingerprint density at radius 3 is 2.29 bits per heavy atom. The monoisotopic (exact) mass is 459 g/mol. The van der Waals surface area contributed by atoms with Gasteiger partial charge in [0.05, 0.1) is 29.2 Å². The molecule has 5 aromatic rings. The maximum atomic E-state index is 9.70. The summed E-state index contributed by atoms with van der Waals surface area (Å²) in [6.45, 7) is 4.25. The Bertz CT molecular complexity index is 1520. The summed E-state index contributed by atoms with van der Waals surface area (Å²) in [5.41, 5.74) is 7.58. The second-order valence-corrected chi connectivity index (χ2v) is 8.95. The second kappa shape index (κ2) is 8.75. The summed E-state index contributed by atoms with van der Waals surface area (Å²) in [7, 11) is 2.17. The van der Waals surface area contributed by atoms with Crippen LogP contribution in [0.5, 0.6) is 0 Å². The molecule has 3 aromatic heterocycles. The third-order valence-corrected chi connectivity index (χ3v) is 6.72. The van der Waals surface area contributed by atoms with Gasteiger partial charge in [-0.25, -0.2) is 9.20 Å². The van der Waals surface area contributed by atoms with Gasteiger partial charge < -0.3 is 9.80 Å². The first-order chi connectivity index (χ1) is 17.2. The van der Waals surface area contributed by atoms with Crippen LogP contribution in [-0.4, -0.2) is 57.5 Å². The predicted molar refractivity (Wildman–Crippen MR) is 138 cm³/mol. The molecule has 7 nitrogen and oxygen atoms in total. The summed E-state index contributed by atoms with van der Waals surface area (Å²) in [5.74, 6) is 0. The number of fused-ring (bicyclic) bond motifs is 1. The molecule has 0 unspecified atom stereocenters. The van der Waals surface area contributed by atoms with Crippen molar-refractivity contribution in [2.24, 2.45) is 0 Å². The Morgan fingerprint density at radius 1 is 0.771 bits per heavy atom. The Kier molecular flexibility index (Phi) is 5.28. The number of anilines is 1. The second-order valence-electron chi connectivity index (χ2n) is 8.95. The molecule has 0 spiro atoms. The zero-order valence-corrected chi connectivity index (χ0v) is 19.5. The minimum atomic E-state index is 0.546. The van der Waals surface area contributed by atoms with Crippen LogP contribution in [0.3, 0.4) is 0 Å². The molecule has 1 fully saturated rings. The highest BCUT2D eigenvalue weighted by Crippen LogP contribution is 2.33. The van der Waals surface area contributed by atoms with Crippen LogP contribution in [-0.2, 0) is 0 Å². The number of nitrogens with zero attached hydrogens (tertiary/aromatic N) is 7. The molecule has 4 heterocycles. The van der Waals surface area contributed by atoms with Crippen molar-refractivity contribution in [2.75, 3.05) is 38.1 Å². The first-order valence-electron chi connectivity index (χ1n) is 11.8. The molecule has 0 radical (unpaired) electrons. The van der Waals surface area contributed by atoms with Crippen LogP contribution >= 0.6 is 0 Å². The van der Waals surface area contributed by atoms with Crippen molar-refractivity contribution in [2.45, 2.75) is 0 Å². The normalized spacial score (nSPS) is 14.3. The van der Waals surface area contributed by atoms with Crippen LogP contribution in [0.4, 0.5) is 5.69 Å². The largest absolute Gasteiger partial charge is 0.369 e. The van der Waals surface area contributed by atoms with E-state index in [1.165, 1.54) is 5.69 Å². The zero-order valence-electron chi connectivity index (χ0n) is 19.5. The van der Waals surface area contributed by atoms with E-state index in [0.717, 1.165) is 59.6 Å². The van der Waals surface area contributed by atoms with Gasteiger partial charge in [-0.05, 0) is 42.9 Å². The standard InChI is InChI=1S/C28H25N7/c1-32-11-13-33(14-12-32)25-9-7-21(8-10-25)22-15-27(28-23(16-29)17-31-35(28)19-22)24-18-30-34(20-24)26-5-3-2-4-6-26/h2-10,15,17-20H,11-14H2,1H3. The molecule has 35 heavy (non-hydrogen) atoms. The van der Waals surface area contributed by atoms with Crippen molar-refractivity contribution in [3.05, 3.63) is 91.0 Å². The van der Waals surface area contributed by atoms with Crippen LogP contribution in [0.15, 0.2) is 85.5 Å². The summed E-state index contributed by atoms with van der Waals surface area (Å²) in [5, 5.41) is 18.8. The quantitative estimate of drug-likeness (QED) is 0.397. The van der Waals surface area contributed by atoms with Crippen LogP contribution in [0.2, 0.25) is 0 Å². The number of aromatic nitrogens is 4. The van der Waals surface area contributed by atoms with Crippen molar-refractivity contribution < 1.29 is 0 Å². The van der Waals surface area contributed by atoms with Crippen LogP contribution in [0, 0.1) is 11.3 Å². The first-order valence-corrected chi connectivity index (χ1v) is 11.8. The number of hydrogen-bond donors (Lipinski definition) is 0. The zero-order chi connectivity index (χ0) is 23.8. The van der Waals surface area contributed by atoms with E-state index in [9.17, 15) is 5.26 Å². The number of nitriles is 1. The Hall–Kier alpha value is -4.41. The van der Waals surface area contributed by atoms with Crippen LogP contribution in [0.1, 0.15) is 5.56 Å². The molecule has 0 amide bonds. The van der Waals surface area contributed by atoms with Gasteiger partial charge in [-0.15, -0.1) is 0 Å². The maximum absolute atomic E-state index is 9.70. The maximum Gasteiger partial charge on any atom is 0.103 e. The molecule has 0 atom stereocenters. The molecule has 1 aliphatic rings. The highest BCUT2D eigenvalue weighted by atomic mass is 15.3. The van der Waals surface area contributed by atoms with Gasteiger partial charge in [0.15, 0.2) is 0 Å². The molecular formula is C28H25N7. The van der Waals surface area contributed by atoms with Gasteiger partial charge in [-0.1, -0.05) is 30.3 Å². The van der Waals surface area contributed by atoms with Gasteiger partial charge in [0.1, 0.15) is 6.07 Å². The number of likely N-dealkylation sites (N-methyl/N-ethyl adjacent to an activating group) is 1. The van der Waals surface area contributed by atoms with E-state index in [0.29, 0.717) is 5.56 Å². The van der Waals surface area contributed by atoms with Crippen molar-refractivity contribution in [3.63, 3.8) is 0 Å². The van der Waals surface area contributed by atoms with Crippen molar-refractivity contribution in [3.8, 4) is 34.0 Å². The Labute approximate surface area is 204 Å². The van der Waals surface area contributed by atoms with E-state index in [1.54, 1.807) is 10.7 Å². The Balaban J connectivity index is 1.40. The molecule has 0 aliphatic carbocycles. The lowest BCUT2D eigenvalue weighted by Crippen LogP contribution is -2.44. The highest BCUT2D eigenvalue weighted by molar-refractivity contribution is 5.87.